The summed E-state index contributed by atoms with van der Waals surface area (Å²) in [6.07, 6.45) is -4.61. The zero-order chi connectivity index (χ0) is 22.8. The fourth-order valence-corrected chi connectivity index (χ4v) is 6.76. The number of benzene rings is 2. The molecule has 2 aliphatic rings. The van der Waals surface area contributed by atoms with Gasteiger partial charge in [0.2, 0.25) is 11.8 Å². The minimum absolute atomic E-state index is 0.128. The Bertz CT molecular complexity index is 1300. The van der Waals surface area contributed by atoms with E-state index in [1.807, 2.05) is 0 Å². The number of carbonyl (C=O) groups excluding carboxylic acids is 2. The molecule has 2 aromatic carbocycles. The highest BCUT2D eigenvalue weighted by Gasteiger charge is 2.56. The number of fused-ring (bicyclic) bond motifs is 2. The van der Waals surface area contributed by atoms with Crippen molar-refractivity contribution in [2.24, 2.45) is 5.92 Å². The average molecular weight is 497 g/mol. The second-order valence-corrected chi connectivity index (χ2v) is 9.96. The van der Waals surface area contributed by atoms with Gasteiger partial charge in [0.15, 0.2) is 0 Å². The van der Waals surface area contributed by atoms with Crippen molar-refractivity contribution >= 4 is 52.2 Å². The molecule has 0 aliphatic carbocycles. The van der Waals surface area contributed by atoms with Crippen LogP contribution in [0.3, 0.4) is 0 Å². The number of imide groups is 1. The van der Waals surface area contributed by atoms with Gasteiger partial charge in [0.05, 0.1) is 22.2 Å². The largest absolute Gasteiger partial charge is 0.416 e. The number of hydrogen-bond acceptors (Lipinski definition) is 5. The molecule has 0 radical (unpaired) electrons. The van der Waals surface area contributed by atoms with Gasteiger partial charge in [-0.2, -0.15) is 13.2 Å². The van der Waals surface area contributed by atoms with Crippen molar-refractivity contribution in [3.05, 3.63) is 79.2 Å². The van der Waals surface area contributed by atoms with E-state index in [2.05, 4.69) is 4.98 Å². The second-order valence-electron chi connectivity index (χ2n) is 7.36. The molecule has 2 aliphatic heterocycles. The number of nitrogens with one attached hydrogen (secondary N) is 1. The van der Waals surface area contributed by atoms with Gasteiger partial charge in [-0.05, 0) is 35.9 Å². The number of nitrogens with zero attached hydrogens (tertiary/aromatic N) is 1. The fourth-order valence-electron chi connectivity index (χ4n) is 4.12. The Kier molecular flexibility index (Phi) is 4.99. The summed E-state index contributed by atoms with van der Waals surface area (Å²) in [4.78, 5) is 42.6. The van der Waals surface area contributed by atoms with E-state index in [0.717, 1.165) is 40.1 Å². The molecule has 5 rings (SSSR count). The van der Waals surface area contributed by atoms with E-state index in [0.29, 0.717) is 20.5 Å². The minimum atomic E-state index is -4.61. The lowest BCUT2D eigenvalue weighted by Gasteiger charge is -2.29. The number of thiazole rings is 1. The molecule has 164 valence electrons. The van der Waals surface area contributed by atoms with Crippen LogP contribution in [0.5, 0.6) is 0 Å². The van der Waals surface area contributed by atoms with Crippen LogP contribution in [0.4, 0.5) is 18.9 Å². The van der Waals surface area contributed by atoms with E-state index in [4.69, 9.17) is 11.6 Å². The summed E-state index contributed by atoms with van der Waals surface area (Å²) < 4.78 is 39.6. The predicted octanol–water partition coefficient (Wildman–Crippen LogP) is 4.90. The molecule has 3 unspecified atom stereocenters. The highest BCUT2D eigenvalue weighted by molar-refractivity contribution is 8.00. The number of aromatic nitrogens is 1. The second kappa shape index (κ2) is 7.50. The molecule has 2 amide bonds. The van der Waals surface area contributed by atoms with Crippen LogP contribution in [0.1, 0.15) is 21.9 Å². The maximum absolute atomic E-state index is 13.5. The van der Waals surface area contributed by atoms with Gasteiger partial charge in [0.1, 0.15) is 5.25 Å². The first kappa shape index (κ1) is 21.3. The van der Waals surface area contributed by atoms with Gasteiger partial charge in [0, 0.05) is 15.8 Å². The monoisotopic (exact) mass is 496 g/mol. The van der Waals surface area contributed by atoms with E-state index < -0.39 is 40.6 Å². The summed E-state index contributed by atoms with van der Waals surface area (Å²) in [5, 5.41) is 0.0982. The third-order valence-electron chi connectivity index (χ3n) is 5.48. The summed E-state index contributed by atoms with van der Waals surface area (Å²) in [6, 6.07) is 10.9. The number of aromatic amines is 1. The van der Waals surface area contributed by atoms with Crippen LogP contribution < -0.4 is 9.77 Å². The molecular weight excluding hydrogens is 485 g/mol. The van der Waals surface area contributed by atoms with Crippen LogP contribution in [0.15, 0.2) is 58.4 Å². The van der Waals surface area contributed by atoms with Crippen LogP contribution in [-0.2, 0) is 15.8 Å². The minimum Gasteiger partial charge on any atom is -0.307 e. The summed E-state index contributed by atoms with van der Waals surface area (Å²) >= 11 is 8.02. The summed E-state index contributed by atoms with van der Waals surface area (Å²) in [7, 11) is 0. The first-order valence-corrected chi connectivity index (χ1v) is 11.4. The maximum atomic E-state index is 13.5. The fraction of sp³-hybridized carbons (Fsp3) is 0.190. The Morgan fingerprint density at radius 2 is 1.72 bits per heavy atom. The van der Waals surface area contributed by atoms with Crippen molar-refractivity contribution in [3.63, 3.8) is 0 Å². The number of hydrogen-bond donors (Lipinski definition) is 1. The van der Waals surface area contributed by atoms with Crippen molar-refractivity contribution in [2.75, 3.05) is 4.90 Å². The van der Waals surface area contributed by atoms with Gasteiger partial charge in [-0.3, -0.25) is 14.4 Å². The molecule has 3 aromatic rings. The molecule has 1 fully saturated rings. The molecule has 1 N–H and O–H groups in total. The summed E-state index contributed by atoms with van der Waals surface area (Å²) in [5.74, 6) is -2.69. The lowest BCUT2D eigenvalue weighted by molar-refractivity contribution is -0.137. The van der Waals surface area contributed by atoms with Gasteiger partial charge >= 0.3 is 11.0 Å². The first-order valence-electron chi connectivity index (χ1n) is 9.35. The Labute approximate surface area is 192 Å². The van der Waals surface area contributed by atoms with Crippen molar-refractivity contribution in [3.8, 4) is 0 Å². The number of H-pyrrole nitrogens is 1. The van der Waals surface area contributed by atoms with E-state index in [1.165, 1.54) is 12.1 Å². The maximum Gasteiger partial charge on any atom is 0.416 e. The topological polar surface area (TPSA) is 70.2 Å². The molecule has 1 saturated heterocycles. The summed E-state index contributed by atoms with van der Waals surface area (Å²) in [6.45, 7) is 0. The number of anilines is 1. The predicted molar refractivity (Wildman–Crippen MR) is 115 cm³/mol. The highest BCUT2D eigenvalue weighted by atomic mass is 35.5. The Hall–Kier alpha value is -2.56. The quantitative estimate of drug-likeness (QED) is 0.512. The van der Waals surface area contributed by atoms with Crippen molar-refractivity contribution in [1.82, 2.24) is 4.98 Å². The summed E-state index contributed by atoms with van der Waals surface area (Å²) in [5.41, 5.74) is -0.388. The van der Waals surface area contributed by atoms with Crippen LogP contribution >= 0.6 is 34.7 Å². The van der Waals surface area contributed by atoms with Crippen molar-refractivity contribution in [1.29, 1.82) is 0 Å². The average Bonchev–Trinajstić information content (AvgIpc) is 3.23. The van der Waals surface area contributed by atoms with Crippen molar-refractivity contribution < 1.29 is 22.8 Å². The van der Waals surface area contributed by atoms with E-state index in [-0.39, 0.29) is 10.6 Å². The number of carbonyl (C=O) groups is 2. The van der Waals surface area contributed by atoms with Crippen LogP contribution in [0.2, 0.25) is 5.02 Å². The molecule has 5 nitrogen and oxygen atoms in total. The first-order chi connectivity index (χ1) is 15.1. The molecular formula is C21H12ClF3N2O3S2. The number of rotatable bonds is 2. The third-order valence-corrected chi connectivity index (χ3v) is 8.14. The zero-order valence-electron chi connectivity index (χ0n) is 15.9. The molecule has 3 atom stereocenters. The Morgan fingerprint density at radius 3 is 2.41 bits per heavy atom. The molecule has 3 heterocycles. The molecule has 0 bridgehead atoms. The van der Waals surface area contributed by atoms with Gasteiger partial charge in [-0.15, -0.1) is 0 Å². The molecule has 0 spiro atoms. The Morgan fingerprint density at radius 1 is 1.00 bits per heavy atom. The number of halogens is 4. The standard InChI is InChI=1S/C21H12ClF3N2O3S2/c22-11-6-4-9(5-7-11)13-14-16(31-17-15(13)32-20(30)26-17)19(29)27(18(14)28)12-3-1-2-10(8-12)21(23,24)25/h1-8,13-14,16H,(H,26,30). The number of amides is 2. The van der Waals surface area contributed by atoms with E-state index >= 15 is 0 Å². The molecule has 0 saturated carbocycles. The number of alkyl halides is 3. The highest BCUT2D eigenvalue weighted by Crippen LogP contribution is 2.53. The molecule has 1 aromatic heterocycles. The third kappa shape index (κ3) is 3.37. The number of thioether (sulfide) groups is 1. The lowest BCUT2D eigenvalue weighted by atomic mass is 9.83. The van der Waals surface area contributed by atoms with Crippen LogP contribution in [-0.4, -0.2) is 22.0 Å². The molecule has 11 heteroatoms. The van der Waals surface area contributed by atoms with Gasteiger partial charge in [-0.1, -0.05) is 52.9 Å². The van der Waals surface area contributed by atoms with Crippen LogP contribution in [0.25, 0.3) is 0 Å². The SMILES string of the molecule is O=C1C2Sc3[nH]c(=O)sc3C(c3ccc(Cl)cc3)C2C(=O)N1c1cccc(C(F)(F)F)c1. The normalized spacial score (nSPS) is 22.8. The Balaban J connectivity index is 1.62. The zero-order valence-corrected chi connectivity index (χ0v) is 18.2. The van der Waals surface area contributed by atoms with Gasteiger partial charge < -0.3 is 4.98 Å². The molecule has 32 heavy (non-hydrogen) atoms. The smallest absolute Gasteiger partial charge is 0.307 e. The lowest BCUT2D eigenvalue weighted by Crippen LogP contribution is -2.32. The van der Waals surface area contributed by atoms with Crippen molar-refractivity contribution in [2.45, 2.75) is 22.4 Å². The van der Waals surface area contributed by atoms with Gasteiger partial charge in [-0.25, -0.2) is 4.90 Å². The van der Waals surface area contributed by atoms with Crippen LogP contribution in [0, 0.1) is 5.92 Å². The van der Waals surface area contributed by atoms with E-state index in [1.54, 1.807) is 24.3 Å². The van der Waals surface area contributed by atoms with Gasteiger partial charge in [0.25, 0.3) is 0 Å². The van der Waals surface area contributed by atoms with E-state index in [9.17, 15) is 27.6 Å².